The Morgan fingerprint density at radius 3 is 2.68 bits per heavy atom. The first-order chi connectivity index (χ1) is 9.20. The maximum Gasteiger partial charge on any atom is 0.224 e. The van der Waals surface area contributed by atoms with Crippen molar-refractivity contribution >= 4 is 11.6 Å². The second-order valence-corrected chi connectivity index (χ2v) is 4.28. The molecule has 3 N–H and O–H groups in total. The van der Waals surface area contributed by atoms with Gasteiger partial charge in [-0.25, -0.2) is 0 Å². The lowest BCUT2D eigenvalue weighted by Crippen LogP contribution is -2.13. The van der Waals surface area contributed by atoms with Crippen molar-refractivity contribution in [2.75, 3.05) is 11.9 Å². The van der Waals surface area contributed by atoms with Crippen LogP contribution in [0.2, 0.25) is 0 Å². The summed E-state index contributed by atoms with van der Waals surface area (Å²) in [5, 5.41) is 10.7. The fourth-order valence-electron chi connectivity index (χ4n) is 1.73. The molecule has 0 spiro atoms. The third-order valence-corrected chi connectivity index (χ3v) is 2.75. The minimum absolute atomic E-state index is 0.0168. The number of anilines is 1. The zero-order valence-corrected chi connectivity index (χ0v) is 10.8. The summed E-state index contributed by atoms with van der Waals surface area (Å²) in [7, 11) is 1.89. The van der Waals surface area contributed by atoms with E-state index < -0.39 is 0 Å². The standard InChI is InChI=1S/C13H17N5O/c1-18-9-15-17-13(18)10-4-6-11(7-5-10)16-12(19)3-2-8-14/h4-7,9H,2-3,8,14H2,1H3,(H,16,19). The molecule has 6 nitrogen and oxygen atoms in total. The average Bonchev–Trinajstić information content (AvgIpc) is 2.83. The Hall–Kier alpha value is -2.21. The predicted octanol–water partition coefficient (Wildman–Crippen LogP) is 1.16. The zero-order chi connectivity index (χ0) is 13.7. The van der Waals surface area contributed by atoms with Crippen LogP contribution in [0, 0.1) is 0 Å². The van der Waals surface area contributed by atoms with Gasteiger partial charge in [0.05, 0.1) is 0 Å². The number of hydrogen-bond acceptors (Lipinski definition) is 4. The summed E-state index contributed by atoms with van der Waals surface area (Å²) in [5.74, 6) is 0.776. The van der Waals surface area contributed by atoms with Crippen LogP contribution in [0.15, 0.2) is 30.6 Å². The molecule has 0 atom stereocenters. The van der Waals surface area contributed by atoms with Crippen LogP contribution in [0.5, 0.6) is 0 Å². The van der Waals surface area contributed by atoms with Gasteiger partial charge in [0, 0.05) is 24.7 Å². The van der Waals surface area contributed by atoms with Crippen molar-refractivity contribution in [3.8, 4) is 11.4 Å². The molecule has 1 aromatic carbocycles. The van der Waals surface area contributed by atoms with Crippen molar-refractivity contribution in [1.82, 2.24) is 14.8 Å². The molecule has 100 valence electrons. The molecule has 0 aliphatic carbocycles. The highest BCUT2D eigenvalue weighted by Crippen LogP contribution is 2.18. The SMILES string of the molecule is Cn1cnnc1-c1ccc(NC(=O)CCCN)cc1. The Bertz CT molecular complexity index is 546. The summed E-state index contributed by atoms with van der Waals surface area (Å²) in [6.07, 6.45) is 2.79. The van der Waals surface area contributed by atoms with Crippen molar-refractivity contribution in [1.29, 1.82) is 0 Å². The number of aromatic nitrogens is 3. The third-order valence-electron chi connectivity index (χ3n) is 2.75. The molecule has 0 unspecified atom stereocenters. The molecule has 1 amide bonds. The normalized spacial score (nSPS) is 10.4. The molecule has 1 heterocycles. The first kappa shape index (κ1) is 13.2. The summed E-state index contributed by atoms with van der Waals surface area (Å²) < 4.78 is 1.84. The molecule has 19 heavy (non-hydrogen) atoms. The molecule has 0 fully saturated rings. The predicted molar refractivity (Wildman–Crippen MR) is 73.4 cm³/mol. The second kappa shape index (κ2) is 6.10. The largest absolute Gasteiger partial charge is 0.330 e. The Morgan fingerprint density at radius 2 is 2.11 bits per heavy atom. The van der Waals surface area contributed by atoms with E-state index in [0.717, 1.165) is 17.1 Å². The monoisotopic (exact) mass is 259 g/mol. The Labute approximate surface area is 111 Å². The Balaban J connectivity index is 2.03. The quantitative estimate of drug-likeness (QED) is 0.843. The van der Waals surface area contributed by atoms with Gasteiger partial charge in [-0.15, -0.1) is 10.2 Å². The number of carbonyl (C=O) groups excluding carboxylic acids is 1. The molecule has 2 aromatic rings. The van der Waals surface area contributed by atoms with Crippen LogP contribution in [-0.4, -0.2) is 27.2 Å². The van der Waals surface area contributed by atoms with Gasteiger partial charge in [-0.1, -0.05) is 0 Å². The molecule has 6 heteroatoms. The molecule has 0 radical (unpaired) electrons. The van der Waals surface area contributed by atoms with Gasteiger partial charge in [0.1, 0.15) is 6.33 Å². The van der Waals surface area contributed by atoms with E-state index in [1.54, 1.807) is 6.33 Å². The fraction of sp³-hybridized carbons (Fsp3) is 0.308. The minimum atomic E-state index is -0.0168. The number of amides is 1. The van der Waals surface area contributed by atoms with E-state index in [1.165, 1.54) is 0 Å². The highest BCUT2D eigenvalue weighted by atomic mass is 16.1. The lowest BCUT2D eigenvalue weighted by Gasteiger charge is -2.06. The minimum Gasteiger partial charge on any atom is -0.330 e. The van der Waals surface area contributed by atoms with E-state index in [4.69, 9.17) is 5.73 Å². The lowest BCUT2D eigenvalue weighted by atomic mass is 10.2. The number of nitrogens with zero attached hydrogens (tertiary/aromatic N) is 3. The summed E-state index contributed by atoms with van der Waals surface area (Å²) in [6.45, 7) is 0.526. The smallest absolute Gasteiger partial charge is 0.224 e. The third kappa shape index (κ3) is 3.38. The fourth-order valence-corrected chi connectivity index (χ4v) is 1.73. The molecule has 0 bridgehead atoms. The van der Waals surface area contributed by atoms with E-state index in [2.05, 4.69) is 15.5 Å². The zero-order valence-electron chi connectivity index (χ0n) is 10.8. The molecule has 0 aliphatic rings. The van der Waals surface area contributed by atoms with Crippen molar-refractivity contribution in [2.45, 2.75) is 12.8 Å². The van der Waals surface area contributed by atoms with E-state index in [1.807, 2.05) is 35.9 Å². The summed E-state index contributed by atoms with van der Waals surface area (Å²) in [5.41, 5.74) is 7.09. The molecular weight excluding hydrogens is 242 g/mol. The van der Waals surface area contributed by atoms with Crippen molar-refractivity contribution < 1.29 is 4.79 Å². The number of nitrogens with two attached hydrogens (primary N) is 1. The van der Waals surface area contributed by atoms with E-state index in [-0.39, 0.29) is 5.91 Å². The first-order valence-electron chi connectivity index (χ1n) is 6.15. The van der Waals surface area contributed by atoms with Crippen LogP contribution in [-0.2, 0) is 11.8 Å². The number of hydrogen-bond donors (Lipinski definition) is 2. The van der Waals surface area contributed by atoms with E-state index in [0.29, 0.717) is 19.4 Å². The highest BCUT2D eigenvalue weighted by Gasteiger charge is 2.05. The van der Waals surface area contributed by atoms with Crippen molar-refractivity contribution in [3.63, 3.8) is 0 Å². The number of aryl methyl sites for hydroxylation is 1. The van der Waals surface area contributed by atoms with E-state index in [9.17, 15) is 4.79 Å². The Kier molecular flexibility index (Phi) is 4.25. The average molecular weight is 259 g/mol. The summed E-state index contributed by atoms with van der Waals surface area (Å²) in [4.78, 5) is 11.5. The van der Waals surface area contributed by atoms with Gasteiger partial charge in [0.2, 0.25) is 5.91 Å². The van der Waals surface area contributed by atoms with Crippen molar-refractivity contribution in [2.24, 2.45) is 12.8 Å². The van der Waals surface area contributed by atoms with Crippen LogP contribution in [0.1, 0.15) is 12.8 Å². The highest BCUT2D eigenvalue weighted by molar-refractivity contribution is 5.90. The maximum atomic E-state index is 11.5. The lowest BCUT2D eigenvalue weighted by molar-refractivity contribution is -0.116. The van der Waals surface area contributed by atoms with Gasteiger partial charge in [0.15, 0.2) is 5.82 Å². The number of carbonyl (C=O) groups is 1. The summed E-state index contributed by atoms with van der Waals surface area (Å²) >= 11 is 0. The first-order valence-corrected chi connectivity index (χ1v) is 6.15. The molecule has 0 saturated heterocycles. The van der Waals surface area contributed by atoms with Crippen LogP contribution in [0.25, 0.3) is 11.4 Å². The van der Waals surface area contributed by atoms with Gasteiger partial charge in [-0.2, -0.15) is 0 Å². The second-order valence-electron chi connectivity index (χ2n) is 4.28. The van der Waals surface area contributed by atoms with Crippen LogP contribution < -0.4 is 11.1 Å². The van der Waals surface area contributed by atoms with Gasteiger partial charge in [-0.05, 0) is 37.2 Å². The number of rotatable bonds is 5. The van der Waals surface area contributed by atoms with Crippen LogP contribution in [0.3, 0.4) is 0 Å². The maximum absolute atomic E-state index is 11.5. The molecule has 1 aromatic heterocycles. The van der Waals surface area contributed by atoms with Crippen molar-refractivity contribution in [3.05, 3.63) is 30.6 Å². The molecule has 2 rings (SSSR count). The topological polar surface area (TPSA) is 85.8 Å². The number of benzene rings is 1. The van der Waals surface area contributed by atoms with Crippen LogP contribution in [0.4, 0.5) is 5.69 Å². The Morgan fingerprint density at radius 1 is 1.37 bits per heavy atom. The molecular formula is C13H17N5O. The van der Waals surface area contributed by atoms with Gasteiger partial charge >= 0.3 is 0 Å². The summed E-state index contributed by atoms with van der Waals surface area (Å²) in [6, 6.07) is 7.51. The van der Waals surface area contributed by atoms with Gasteiger partial charge < -0.3 is 15.6 Å². The molecule has 0 saturated carbocycles. The van der Waals surface area contributed by atoms with Crippen LogP contribution >= 0.6 is 0 Å². The van der Waals surface area contributed by atoms with Gasteiger partial charge in [0.25, 0.3) is 0 Å². The number of nitrogens with one attached hydrogen (secondary N) is 1. The van der Waals surface area contributed by atoms with E-state index >= 15 is 0 Å². The van der Waals surface area contributed by atoms with Gasteiger partial charge in [-0.3, -0.25) is 4.79 Å². The molecule has 0 aliphatic heterocycles.